The van der Waals surface area contributed by atoms with Crippen molar-refractivity contribution < 1.29 is 0 Å². The zero-order valence-electron chi connectivity index (χ0n) is 10.1. The highest BCUT2D eigenvalue weighted by molar-refractivity contribution is 7.13. The van der Waals surface area contributed by atoms with Gasteiger partial charge >= 0.3 is 6.13 Å². The molecule has 0 amide bonds. The van der Waals surface area contributed by atoms with Crippen molar-refractivity contribution in [3.8, 4) is 0 Å². The molecule has 0 N–H and O–H groups in total. The molecule has 0 fully saturated rings. The Morgan fingerprint density at radius 1 is 0.938 bits per heavy atom. The number of halogens is 3. The minimum absolute atomic E-state index is 0.186. The van der Waals surface area contributed by atoms with Crippen LogP contribution in [0.1, 0.15) is 52.4 Å². The lowest BCUT2D eigenvalue weighted by atomic mass is 9.75. The van der Waals surface area contributed by atoms with E-state index < -0.39 is 0 Å². The minimum Gasteiger partial charge on any atom is -0.183 e. The SMILES string of the molecule is CCCCC(Cl)=CB(Cl)C=C(Cl)CCCC. The van der Waals surface area contributed by atoms with Crippen molar-refractivity contribution in [3.05, 3.63) is 22.0 Å². The largest absolute Gasteiger partial charge is 0.303 e. The molecule has 0 bridgehead atoms. The molecular formula is C12H20BCl3. The zero-order chi connectivity index (χ0) is 12.4. The molecule has 0 aromatic heterocycles. The molecule has 4 heteroatoms. The van der Waals surface area contributed by atoms with E-state index in [9.17, 15) is 0 Å². The third-order valence-electron chi connectivity index (χ3n) is 2.22. The van der Waals surface area contributed by atoms with Crippen molar-refractivity contribution >= 4 is 40.8 Å². The Morgan fingerprint density at radius 2 is 1.31 bits per heavy atom. The molecule has 0 saturated heterocycles. The fourth-order valence-corrected chi connectivity index (χ4v) is 2.22. The number of hydrogen-bond donors (Lipinski definition) is 0. The summed E-state index contributed by atoms with van der Waals surface area (Å²) in [4.78, 5) is 0. The fourth-order valence-electron chi connectivity index (χ4n) is 1.25. The quantitative estimate of drug-likeness (QED) is 0.484. The van der Waals surface area contributed by atoms with Crippen LogP contribution in [0.3, 0.4) is 0 Å². The van der Waals surface area contributed by atoms with Crippen LogP contribution in [-0.2, 0) is 0 Å². The summed E-state index contributed by atoms with van der Waals surface area (Å²) in [6.07, 6.45) is 6.12. The zero-order valence-corrected chi connectivity index (χ0v) is 12.4. The molecule has 0 heterocycles. The molecule has 0 radical (unpaired) electrons. The van der Waals surface area contributed by atoms with Crippen LogP contribution in [0.5, 0.6) is 0 Å². The Balaban J connectivity index is 4.07. The van der Waals surface area contributed by atoms with E-state index in [0.717, 1.165) is 48.6 Å². The van der Waals surface area contributed by atoms with E-state index in [4.69, 9.17) is 34.7 Å². The van der Waals surface area contributed by atoms with Crippen LogP contribution >= 0.6 is 34.7 Å². The number of unbranched alkanes of at least 4 members (excludes halogenated alkanes) is 2. The van der Waals surface area contributed by atoms with Gasteiger partial charge in [0.2, 0.25) is 0 Å². The Labute approximate surface area is 115 Å². The first kappa shape index (κ1) is 16.4. The van der Waals surface area contributed by atoms with Gasteiger partial charge in [-0.1, -0.05) is 61.8 Å². The minimum atomic E-state index is -0.186. The molecular weight excluding hydrogens is 261 g/mol. The first-order valence-electron chi connectivity index (χ1n) is 5.96. The number of rotatable bonds is 8. The molecule has 0 aliphatic carbocycles. The summed E-state index contributed by atoms with van der Waals surface area (Å²) in [7, 11) is 0. The molecule has 0 spiro atoms. The molecule has 0 aliphatic rings. The summed E-state index contributed by atoms with van der Waals surface area (Å²) >= 11 is 18.2. The molecule has 0 nitrogen and oxygen atoms in total. The predicted octanol–water partition coefficient (Wildman–Crippen LogP) is 5.92. The van der Waals surface area contributed by atoms with E-state index in [-0.39, 0.29) is 6.13 Å². The third kappa shape index (κ3) is 9.63. The number of allylic oxidation sites excluding steroid dienone is 2. The molecule has 0 aromatic carbocycles. The molecule has 0 rings (SSSR count). The summed E-state index contributed by atoms with van der Waals surface area (Å²) in [6, 6.07) is 0. The van der Waals surface area contributed by atoms with Gasteiger partial charge in [0.05, 0.1) is 0 Å². The maximum absolute atomic E-state index is 6.11. The van der Waals surface area contributed by atoms with Gasteiger partial charge in [0.1, 0.15) is 0 Å². The standard InChI is InChI=1S/C12H20BCl3/c1-3-5-7-11(14)9-13(16)10-12(15)8-6-4-2/h9-10H,3-8H2,1-2H3. The second kappa shape index (κ2) is 10.6. The van der Waals surface area contributed by atoms with Crippen molar-refractivity contribution in [1.82, 2.24) is 0 Å². The molecule has 16 heavy (non-hydrogen) atoms. The lowest BCUT2D eigenvalue weighted by Gasteiger charge is -2.00. The Kier molecular flexibility index (Phi) is 10.8. The van der Waals surface area contributed by atoms with Crippen LogP contribution in [0.2, 0.25) is 0 Å². The summed E-state index contributed by atoms with van der Waals surface area (Å²) in [5.74, 6) is 3.74. The monoisotopic (exact) mass is 280 g/mol. The molecule has 0 aliphatic heterocycles. The van der Waals surface area contributed by atoms with Gasteiger partial charge in [-0.3, -0.25) is 0 Å². The van der Waals surface area contributed by atoms with Crippen LogP contribution < -0.4 is 0 Å². The lowest BCUT2D eigenvalue weighted by Crippen LogP contribution is -1.97. The van der Waals surface area contributed by atoms with Crippen molar-refractivity contribution in [2.45, 2.75) is 52.4 Å². The third-order valence-corrected chi connectivity index (χ3v) is 3.10. The van der Waals surface area contributed by atoms with Gasteiger partial charge < -0.3 is 0 Å². The highest BCUT2D eigenvalue weighted by Crippen LogP contribution is 2.17. The summed E-state index contributed by atoms with van der Waals surface area (Å²) in [6.45, 7) is 4.29. The summed E-state index contributed by atoms with van der Waals surface area (Å²) < 4.78 is 0. The molecule has 92 valence electrons. The highest BCUT2D eigenvalue weighted by atomic mass is 35.5. The summed E-state index contributed by atoms with van der Waals surface area (Å²) in [5, 5.41) is 1.66. The molecule has 0 aromatic rings. The Bertz CT molecular complexity index is 212. The average Bonchev–Trinajstić information content (AvgIpc) is 2.23. The van der Waals surface area contributed by atoms with Crippen molar-refractivity contribution in [3.63, 3.8) is 0 Å². The van der Waals surface area contributed by atoms with E-state index in [2.05, 4.69) is 13.8 Å². The van der Waals surface area contributed by atoms with Gasteiger partial charge in [0, 0.05) is 10.1 Å². The molecule has 0 unspecified atom stereocenters. The topological polar surface area (TPSA) is 0 Å². The van der Waals surface area contributed by atoms with Crippen LogP contribution in [0.25, 0.3) is 0 Å². The highest BCUT2D eigenvalue weighted by Gasteiger charge is 2.06. The van der Waals surface area contributed by atoms with Crippen molar-refractivity contribution in [1.29, 1.82) is 0 Å². The second-order valence-electron chi connectivity index (χ2n) is 3.88. The van der Waals surface area contributed by atoms with Gasteiger partial charge in [-0.05, 0) is 25.7 Å². The Morgan fingerprint density at radius 3 is 1.62 bits per heavy atom. The maximum Gasteiger partial charge on any atom is 0.303 e. The van der Waals surface area contributed by atoms with E-state index in [1.54, 1.807) is 0 Å². The van der Waals surface area contributed by atoms with Crippen molar-refractivity contribution in [2.75, 3.05) is 0 Å². The fraction of sp³-hybridized carbons (Fsp3) is 0.667. The molecule has 0 atom stereocenters. The van der Waals surface area contributed by atoms with Crippen LogP contribution in [-0.4, -0.2) is 6.13 Å². The van der Waals surface area contributed by atoms with Gasteiger partial charge in [-0.15, -0.1) is 0 Å². The number of hydrogen-bond acceptors (Lipinski definition) is 0. The lowest BCUT2D eigenvalue weighted by molar-refractivity contribution is 0.807. The molecule has 0 saturated carbocycles. The van der Waals surface area contributed by atoms with Gasteiger partial charge in [0.15, 0.2) is 0 Å². The van der Waals surface area contributed by atoms with E-state index in [0.29, 0.717) is 0 Å². The van der Waals surface area contributed by atoms with E-state index in [1.807, 2.05) is 12.0 Å². The Hall–Kier alpha value is 0.415. The maximum atomic E-state index is 6.11. The van der Waals surface area contributed by atoms with Gasteiger partial charge in [0.25, 0.3) is 0 Å². The van der Waals surface area contributed by atoms with Crippen molar-refractivity contribution in [2.24, 2.45) is 0 Å². The van der Waals surface area contributed by atoms with Gasteiger partial charge in [-0.25, -0.2) is 0 Å². The first-order valence-corrected chi connectivity index (χ1v) is 7.15. The summed E-state index contributed by atoms with van der Waals surface area (Å²) in [5.41, 5.74) is 0. The van der Waals surface area contributed by atoms with Crippen LogP contribution in [0, 0.1) is 0 Å². The van der Waals surface area contributed by atoms with Crippen LogP contribution in [0.4, 0.5) is 0 Å². The van der Waals surface area contributed by atoms with E-state index >= 15 is 0 Å². The van der Waals surface area contributed by atoms with E-state index in [1.165, 1.54) is 0 Å². The normalized spacial score (nSPS) is 13.1. The van der Waals surface area contributed by atoms with Gasteiger partial charge in [-0.2, -0.15) is 11.5 Å². The first-order chi connectivity index (χ1) is 7.60. The van der Waals surface area contributed by atoms with Crippen LogP contribution in [0.15, 0.2) is 22.0 Å². The average molecular weight is 281 g/mol. The smallest absolute Gasteiger partial charge is 0.183 e. The second-order valence-corrected chi connectivity index (χ2v) is 5.35. The predicted molar refractivity (Wildman–Crippen MR) is 78.5 cm³/mol.